The maximum Gasteiger partial charge on any atom is 0.339 e. The number of para-hydroxylation sites is 1. The third-order valence-electron chi connectivity index (χ3n) is 4.40. The Morgan fingerprint density at radius 3 is 2.36 bits per heavy atom. The highest BCUT2D eigenvalue weighted by atomic mass is 16.5. The smallest absolute Gasteiger partial charge is 0.339 e. The molecule has 1 N–H and O–H groups in total. The van der Waals surface area contributed by atoms with Crippen LogP contribution in [0.1, 0.15) is 20.7 Å². The second-order valence-electron chi connectivity index (χ2n) is 6.20. The van der Waals surface area contributed by atoms with E-state index in [0.29, 0.717) is 16.8 Å². The van der Waals surface area contributed by atoms with Crippen molar-refractivity contribution in [3.05, 3.63) is 90.3 Å². The number of nitrogens with one attached hydrogen (secondary N) is 1. The van der Waals surface area contributed by atoms with Crippen LogP contribution in [0.4, 0.5) is 5.69 Å². The molecule has 4 aromatic rings. The van der Waals surface area contributed by atoms with Gasteiger partial charge in [-0.1, -0.05) is 42.5 Å². The number of nitrogens with zero attached hydrogens (tertiary/aromatic N) is 2. The van der Waals surface area contributed by atoms with E-state index in [-0.39, 0.29) is 5.91 Å². The normalized spacial score (nSPS) is 10.6. The van der Waals surface area contributed by atoms with Gasteiger partial charge in [0.05, 0.1) is 35.8 Å². The Morgan fingerprint density at radius 1 is 0.964 bits per heavy atom. The van der Waals surface area contributed by atoms with Crippen LogP contribution in [0.25, 0.3) is 16.5 Å². The van der Waals surface area contributed by atoms with E-state index >= 15 is 0 Å². The molecule has 6 heteroatoms. The maximum absolute atomic E-state index is 12.7. The number of esters is 1. The summed E-state index contributed by atoms with van der Waals surface area (Å²) >= 11 is 0. The van der Waals surface area contributed by atoms with Crippen LogP contribution >= 0.6 is 0 Å². The number of aromatic nitrogens is 2. The van der Waals surface area contributed by atoms with Crippen LogP contribution < -0.4 is 5.32 Å². The van der Waals surface area contributed by atoms with Crippen LogP contribution in [0.15, 0.2) is 79.1 Å². The SMILES string of the molecule is COC(=O)c1cc2ccccc2cc1NC(=O)c1cnn(-c2ccccc2)c1. The Hall–Kier alpha value is -3.93. The number of carbonyl (C=O) groups is 2. The molecule has 0 fully saturated rings. The van der Waals surface area contributed by atoms with Crippen molar-refractivity contribution in [1.29, 1.82) is 0 Å². The molecule has 0 aliphatic heterocycles. The molecular formula is C22H17N3O3. The lowest BCUT2D eigenvalue weighted by Crippen LogP contribution is -2.15. The summed E-state index contributed by atoms with van der Waals surface area (Å²) in [6, 6.07) is 20.6. The summed E-state index contributed by atoms with van der Waals surface area (Å²) in [5, 5.41) is 8.84. The van der Waals surface area contributed by atoms with Gasteiger partial charge in [-0.2, -0.15) is 5.10 Å². The van der Waals surface area contributed by atoms with Crippen LogP contribution in [0.2, 0.25) is 0 Å². The number of hydrogen-bond donors (Lipinski definition) is 1. The van der Waals surface area contributed by atoms with Crippen molar-refractivity contribution in [2.75, 3.05) is 12.4 Å². The third-order valence-corrected chi connectivity index (χ3v) is 4.40. The Morgan fingerprint density at radius 2 is 1.64 bits per heavy atom. The highest BCUT2D eigenvalue weighted by Crippen LogP contribution is 2.25. The number of ether oxygens (including phenoxy) is 1. The third kappa shape index (κ3) is 3.35. The highest BCUT2D eigenvalue weighted by molar-refractivity contribution is 6.10. The number of amides is 1. The molecule has 0 saturated heterocycles. The van der Waals surface area contributed by atoms with Gasteiger partial charge in [0.2, 0.25) is 0 Å². The maximum atomic E-state index is 12.7. The summed E-state index contributed by atoms with van der Waals surface area (Å²) in [4.78, 5) is 24.9. The number of hydrogen-bond acceptors (Lipinski definition) is 4. The Kier molecular flexibility index (Phi) is 4.60. The molecule has 1 aromatic heterocycles. The minimum Gasteiger partial charge on any atom is -0.465 e. The summed E-state index contributed by atoms with van der Waals surface area (Å²) in [5.74, 6) is -0.872. The first-order valence-corrected chi connectivity index (χ1v) is 8.68. The van der Waals surface area contributed by atoms with E-state index in [9.17, 15) is 9.59 Å². The summed E-state index contributed by atoms with van der Waals surface area (Å²) in [5.41, 5.74) is 1.92. The van der Waals surface area contributed by atoms with Crippen molar-refractivity contribution < 1.29 is 14.3 Å². The van der Waals surface area contributed by atoms with E-state index in [2.05, 4.69) is 10.4 Å². The summed E-state index contributed by atoms with van der Waals surface area (Å²) in [6.07, 6.45) is 3.13. The molecule has 0 saturated carbocycles. The molecule has 3 aromatic carbocycles. The average Bonchev–Trinajstić information content (AvgIpc) is 3.24. The molecular weight excluding hydrogens is 354 g/mol. The standard InChI is InChI=1S/C22H17N3O3/c1-28-22(27)19-11-15-7-5-6-8-16(15)12-20(19)24-21(26)17-13-23-25(14-17)18-9-3-2-4-10-18/h2-14H,1H3,(H,24,26). The number of anilines is 1. The number of methoxy groups -OCH3 is 1. The molecule has 0 atom stereocenters. The molecule has 0 spiro atoms. The average molecular weight is 371 g/mol. The lowest BCUT2D eigenvalue weighted by molar-refractivity contribution is 0.0602. The fourth-order valence-corrected chi connectivity index (χ4v) is 2.98. The number of fused-ring (bicyclic) bond motifs is 1. The minimum absolute atomic E-state index is 0.296. The summed E-state index contributed by atoms with van der Waals surface area (Å²) in [7, 11) is 1.31. The lowest BCUT2D eigenvalue weighted by atomic mass is 10.0. The molecule has 0 unspecified atom stereocenters. The Bertz CT molecular complexity index is 1170. The van der Waals surface area contributed by atoms with E-state index in [1.54, 1.807) is 23.0 Å². The van der Waals surface area contributed by atoms with E-state index < -0.39 is 5.97 Å². The first kappa shape index (κ1) is 17.5. The second kappa shape index (κ2) is 7.36. The number of rotatable bonds is 4. The quantitative estimate of drug-likeness (QED) is 0.549. The van der Waals surface area contributed by atoms with Gasteiger partial charge >= 0.3 is 5.97 Å². The monoisotopic (exact) mass is 371 g/mol. The fourth-order valence-electron chi connectivity index (χ4n) is 2.98. The minimum atomic E-state index is -0.513. The van der Waals surface area contributed by atoms with Gasteiger partial charge in [0.1, 0.15) is 0 Å². The van der Waals surface area contributed by atoms with Crippen LogP contribution in [0.5, 0.6) is 0 Å². The zero-order valence-corrected chi connectivity index (χ0v) is 15.1. The topological polar surface area (TPSA) is 73.2 Å². The second-order valence-corrected chi connectivity index (χ2v) is 6.20. The molecule has 0 aliphatic rings. The first-order valence-electron chi connectivity index (χ1n) is 8.68. The molecule has 4 rings (SSSR count). The van der Waals surface area contributed by atoms with Gasteiger partial charge in [-0.05, 0) is 35.0 Å². The van der Waals surface area contributed by atoms with E-state index in [1.807, 2.05) is 54.6 Å². The summed E-state index contributed by atoms with van der Waals surface area (Å²) < 4.78 is 6.49. The van der Waals surface area contributed by atoms with E-state index in [1.165, 1.54) is 13.3 Å². The van der Waals surface area contributed by atoms with Crippen molar-refractivity contribution in [3.63, 3.8) is 0 Å². The predicted octanol–water partition coefficient (Wildman–Crippen LogP) is 4.06. The van der Waals surface area contributed by atoms with Gasteiger partial charge in [0.25, 0.3) is 5.91 Å². The molecule has 0 aliphatic carbocycles. The van der Waals surface area contributed by atoms with Gasteiger partial charge < -0.3 is 10.1 Å². The Labute approximate surface area is 161 Å². The fraction of sp³-hybridized carbons (Fsp3) is 0.0455. The molecule has 138 valence electrons. The van der Waals surface area contributed by atoms with Gasteiger partial charge in [0.15, 0.2) is 0 Å². The van der Waals surface area contributed by atoms with E-state index in [0.717, 1.165) is 16.5 Å². The van der Waals surface area contributed by atoms with Crippen LogP contribution in [0, 0.1) is 0 Å². The van der Waals surface area contributed by atoms with Crippen molar-refractivity contribution in [1.82, 2.24) is 9.78 Å². The van der Waals surface area contributed by atoms with Crippen molar-refractivity contribution >= 4 is 28.3 Å². The number of benzene rings is 3. The summed E-state index contributed by atoms with van der Waals surface area (Å²) in [6.45, 7) is 0. The molecule has 1 heterocycles. The van der Waals surface area contributed by atoms with E-state index in [4.69, 9.17) is 4.74 Å². The van der Waals surface area contributed by atoms with Crippen molar-refractivity contribution in [2.45, 2.75) is 0 Å². The van der Waals surface area contributed by atoms with Crippen molar-refractivity contribution in [2.24, 2.45) is 0 Å². The highest BCUT2D eigenvalue weighted by Gasteiger charge is 2.17. The lowest BCUT2D eigenvalue weighted by Gasteiger charge is -2.11. The first-order chi connectivity index (χ1) is 13.7. The molecule has 0 radical (unpaired) electrons. The van der Waals surface area contributed by atoms with Crippen LogP contribution in [-0.2, 0) is 4.74 Å². The zero-order chi connectivity index (χ0) is 19.5. The van der Waals surface area contributed by atoms with Gasteiger partial charge in [0, 0.05) is 6.20 Å². The van der Waals surface area contributed by atoms with Gasteiger partial charge in [-0.25, -0.2) is 9.48 Å². The van der Waals surface area contributed by atoms with Gasteiger partial charge in [-0.15, -0.1) is 0 Å². The molecule has 0 bridgehead atoms. The molecule has 1 amide bonds. The van der Waals surface area contributed by atoms with Crippen molar-refractivity contribution in [3.8, 4) is 5.69 Å². The number of carbonyl (C=O) groups excluding carboxylic acids is 2. The molecule has 28 heavy (non-hydrogen) atoms. The Balaban J connectivity index is 1.67. The zero-order valence-electron chi connectivity index (χ0n) is 15.1. The molecule has 6 nitrogen and oxygen atoms in total. The largest absolute Gasteiger partial charge is 0.465 e. The van der Waals surface area contributed by atoms with Crippen LogP contribution in [0.3, 0.4) is 0 Å². The van der Waals surface area contributed by atoms with Gasteiger partial charge in [-0.3, -0.25) is 4.79 Å². The predicted molar refractivity (Wildman–Crippen MR) is 107 cm³/mol. The van der Waals surface area contributed by atoms with Crippen LogP contribution in [-0.4, -0.2) is 28.8 Å².